The molecule has 2 heterocycles. The van der Waals surface area contributed by atoms with Crippen LogP contribution < -0.4 is 21.7 Å². The molecule has 2 fully saturated rings. The fraction of sp³-hybridized carbons (Fsp3) is 0.567. The van der Waals surface area contributed by atoms with Crippen LogP contribution in [-0.2, 0) is 30.3 Å². The summed E-state index contributed by atoms with van der Waals surface area (Å²) in [4.78, 5) is 69.8. The first kappa shape index (κ1) is 32.7. The molecular formula is C30H42N6O8. The van der Waals surface area contributed by atoms with E-state index in [1.165, 1.54) is 18.7 Å². The van der Waals surface area contributed by atoms with Crippen molar-refractivity contribution in [2.45, 2.75) is 102 Å². The summed E-state index contributed by atoms with van der Waals surface area (Å²) < 4.78 is 5.26. The van der Waals surface area contributed by atoms with Crippen LogP contribution >= 0.6 is 0 Å². The Balaban J connectivity index is 1.56. The Bertz CT molecular complexity index is 1420. The van der Waals surface area contributed by atoms with Crippen LogP contribution in [0.15, 0.2) is 30.5 Å². The normalized spacial score (nSPS) is 22.6. The number of para-hydroxylation sites is 1. The number of alkyl carbamates (subject to hydrolysis) is 1. The van der Waals surface area contributed by atoms with Gasteiger partial charge in [0.2, 0.25) is 23.6 Å². The van der Waals surface area contributed by atoms with E-state index in [2.05, 4.69) is 20.9 Å². The number of aliphatic hydroxyl groups excluding tert-OH is 2. The van der Waals surface area contributed by atoms with Crippen LogP contribution in [0.25, 0.3) is 10.9 Å². The van der Waals surface area contributed by atoms with Crippen molar-refractivity contribution >= 4 is 40.6 Å². The quantitative estimate of drug-likeness (QED) is 0.180. The number of nitrogens with zero attached hydrogens (tertiary/aromatic N) is 1. The van der Waals surface area contributed by atoms with Gasteiger partial charge < -0.3 is 46.5 Å². The number of aromatic amines is 1. The van der Waals surface area contributed by atoms with Gasteiger partial charge in [-0.3, -0.25) is 19.2 Å². The number of amides is 5. The predicted molar refractivity (Wildman–Crippen MR) is 159 cm³/mol. The molecule has 5 amide bonds. The highest BCUT2D eigenvalue weighted by Gasteiger charge is 2.57. The minimum atomic E-state index is -1.40. The van der Waals surface area contributed by atoms with Gasteiger partial charge >= 0.3 is 6.09 Å². The van der Waals surface area contributed by atoms with Crippen LogP contribution in [0.2, 0.25) is 0 Å². The largest absolute Gasteiger partial charge is 0.444 e. The third kappa shape index (κ3) is 7.48. The van der Waals surface area contributed by atoms with E-state index < -0.39 is 71.7 Å². The number of H-pyrrole nitrogens is 1. The van der Waals surface area contributed by atoms with Gasteiger partial charge in [-0.15, -0.1) is 0 Å². The fourth-order valence-corrected chi connectivity index (χ4v) is 5.67. The SMILES string of the molecule is C[C@@H](O)[C@H](NC(=O)[C@H](Cc1c[nH]c2ccccc12)NC(=O)[C@@H]1CC2C[C@@H]2N1C(=O)[C@@H](NC(=O)OC(C)(C)C)[C@@H](C)O)C(N)=O. The molecule has 1 aliphatic heterocycles. The van der Waals surface area contributed by atoms with Crippen molar-refractivity contribution < 1.29 is 38.9 Å². The number of carbonyl (C=O) groups excluding carboxylic acids is 5. The molecule has 1 saturated carbocycles. The number of likely N-dealkylation sites (tertiary alicyclic amines) is 1. The summed E-state index contributed by atoms with van der Waals surface area (Å²) in [7, 11) is 0. The van der Waals surface area contributed by atoms with E-state index in [0.717, 1.165) is 10.9 Å². The molecule has 1 aromatic carbocycles. The number of hydrogen-bond donors (Lipinski definition) is 7. The number of aromatic nitrogens is 1. The maximum atomic E-state index is 13.8. The summed E-state index contributed by atoms with van der Waals surface area (Å²) >= 11 is 0. The highest BCUT2D eigenvalue weighted by Crippen LogP contribution is 2.48. The lowest BCUT2D eigenvalue weighted by atomic mass is 10.0. The number of benzene rings is 1. The van der Waals surface area contributed by atoms with Crippen molar-refractivity contribution in [3.05, 3.63) is 36.0 Å². The second-order valence-electron chi connectivity index (χ2n) is 12.7. The number of rotatable bonds is 11. The van der Waals surface area contributed by atoms with E-state index in [9.17, 15) is 34.2 Å². The maximum Gasteiger partial charge on any atom is 0.408 e. The molecule has 1 aliphatic carbocycles. The number of fused-ring (bicyclic) bond motifs is 2. The van der Waals surface area contributed by atoms with Crippen molar-refractivity contribution in [2.75, 3.05) is 0 Å². The Hall–Kier alpha value is -4.17. The smallest absolute Gasteiger partial charge is 0.408 e. The van der Waals surface area contributed by atoms with Gasteiger partial charge in [0.25, 0.3) is 0 Å². The molecule has 14 nitrogen and oxygen atoms in total. The number of aliphatic hydroxyl groups is 2. The molecule has 2 aromatic rings. The molecule has 4 rings (SSSR count). The standard InChI is InChI=1S/C30H42N6O8/c1-14(37)23(25(31)39)34-26(40)20(10-17-13-32-19-9-7-6-8-18(17)19)33-27(41)22-12-16-11-21(16)36(22)28(42)24(15(2)38)35-29(43)44-30(3,4)5/h6-9,13-16,20-24,32,37-38H,10-12H2,1-5H3,(H2,31,39)(H,33,41)(H,34,40)(H,35,43)/t14-,15-,16?,20+,21+,22+,23+,24+/m1/s1. The Morgan fingerprint density at radius 2 is 1.68 bits per heavy atom. The van der Waals surface area contributed by atoms with Crippen molar-refractivity contribution in [3.63, 3.8) is 0 Å². The molecule has 44 heavy (non-hydrogen) atoms. The van der Waals surface area contributed by atoms with Gasteiger partial charge in [0.15, 0.2) is 0 Å². The van der Waals surface area contributed by atoms with E-state index in [4.69, 9.17) is 10.5 Å². The van der Waals surface area contributed by atoms with Gasteiger partial charge in [-0.25, -0.2) is 4.79 Å². The topological polar surface area (TPSA) is 216 Å². The van der Waals surface area contributed by atoms with Crippen molar-refractivity contribution in [3.8, 4) is 0 Å². The lowest BCUT2D eigenvalue weighted by Gasteiger charge is -2.33. The second kappa shape index (κ2) is 12.8. The minimum absolute atomic E-state index is 0.0247. The zero-order chi connectivity index (χ0) is 32.5. The van der Waals surface area contributed by atoms with E-state index in [-0.39, 0.29) is 18.4 Å². The molecule has 14 heteroatoms. The van der Waals surface area contributed by atoms with Gasteiger partial charge in [0.1, 0.15) is 29.8 Å². The molecular weight excluding hydrogens is 572 g/mol. The average molecular weight is 615 g/mol. The summed E-state index contributed by atoms with van der Waals surface area (Å²) in [6, 6.07) is 2.21. The molecule has 0 bridgehead atoms. The van der Waals surface area contributed by atoms with Crippen LogP contribution in [0.4, 0.5) is 4.79 Å². The number of primary amides is 1. The fourth-order valence-electron chi connectivity index (χ4n) is 5.67. The van der Waals surface area contributed by atoms with Crippen LogP contribution in [-0.4, -0.2) is 97.8 Å². The lowest BCUT2D eigenvalue weighted by molar-refractivity contribution is -0.144. The zero-order valence-corrected chi connectivity index (χ0v) is 25.5. The van der Waals surface area contributed by atoms with Crippen LogP contribution in [0.5, 0.6) is 0 Å². The van der Waals surface area contributed by atoms with Gasteiger partial charge in [-0.1, -0.05) is 18.2 Å². The number of nitrogens with one attached hydrogen (secondary N) is 4. The van der Waals surface area contributed by atoms with E-state index in [0.29, 0.717) is 18.4 Å². The Morgan fingerprint density at radius 1 is 1.02 bits per heavy atom. The number of nitrogens with two attached hydrogens (primary N) is 1. The third-order valence-corrected chi connectivity index (χ3v) is 7.90. The monoisotopic (exact) mass is 614 g/mol. The number of piperidine rings is 1. The van der Waals surface area contributed by atoms with Crippen molar-refractivity contribution in [1.29, 1.82) is 0 Å². The third-order valence-electron chi connectivity index (χ3n) is 7.90. The molecule has 2 aliphatic rings. The summed E-state index contributed by atoms with van der Waals surface area (Å²) in [5.74, 6) is -2.89. The molecule has 8 N–H and O–H groups in total. The van der Waals surface area contributed by atoms with E-state index >= 15 is 0 Å². The first-order valence-corrected chi connectivity index (χ1v) is 14.7. The molecule has 1 aromatic heterocycles. The van der Waals surface area contributed by atoms with Gasteiger partial charge in [0.05, 0.1) is 12.2 Å². The minimum Gasteiger partial charge on any atom is -0.444 e. The zero-order valence-electron chi connectivity index (χ0n) is 25.5. The van der Waals surface area contributed by atoms with Gasteiger partial charge in [-0.2, -0.15) is 0 Å². The Kier molecular flexibility index (Phi) is 9.54. The van der Waals surface area contributed by atoms with Crippen molar-refractivity contribution in [2.24, 2.45) is 11.7 Å². The van der Waals surface area contributed by atoms with Crippen LogP contribution in [0, 0.1) is 5.92 Å². The number of carbonyl (C=O) groups is 5. The summed E-state index contributed by atoms with van der Waals surface area (Å²) in [6.45, 7) is 7.65. The molecule has 240 valence electrons. The molecule has 0 radical (unpaired) electrons. The van der Waals surface area contributed by atoms with E-state index in [1.807, 2.05) is 24.3 Å². The highest BCUT2D eigenvalue weighted by molar-refractivity contribution is 5.96. The molecule has 1 unspecified atom stereocenters. The van der Waals surface area contributed by atoms with Crippen LogP contribution in [0.1, 0.15) is 53.0 Å². The van der Waals surface area contributed by atoms with Gasteiger partial charge in [0, 0.05) is 29.6 Å². The first-order valence-electron chi connectivity index (χ1n) is 14.7. The summed E-state index contributed by atoms with van der Waals surface area (Å²) in [5.41, 5.74) is 6.08. The second-order valence-corrected chi connectivity index (χ2v) is 12.7. The number of hydrogen-bond acceptors (Lipinski definition) is 8. The number of ether oxygens (including phenoxy) is 1. The molecule has 8 atom stereocenters. The first-order chi connectivity index (χ1) is 20.6. The molecule has 0 spiro atoms. The highest BCUT2D eigenvalue weighted by atomic mass is 16.6. The maximum absolute atomic E-state index is 13.8. The van der Waals surface area contributed by atoms with Crippen LogP contribution in [0.3, 0.4) is 0 Å². The Labute approximate surface area is 255 Å². The predicted octanol–water partition coefficient (Wildman–Crippen LogP) is -0.190. The van der Waals surface area contributed by atoms with E-state index in [1.54, 1.807) is 27.0 Å². The molecule has 1 saturated heterocycles. The average Bonchev–Trinajstić information content (AvgIpc) is 3.40. The van der Waals surface area contributed by atoms with Crippen molar-refractivity contribution in [1.82, 2.24) is 25.8 Å². The summed E-state index contributed by atoms with van der Waals surface area (Å²) in [5, 5.41) is 28.8. The Morgan fingerprint density at radius 3 is 2.30 bits per heavy atom. The lowest BCUT2D eigenvalue weighted by Crippen LogP contribution is -2.61. The summed E-state index contributed by atoms with van der Waals surface area (Å²) in [6.07, 6.45) is -0.719. The van der Waals surface area contributed by atoms with Gasteiger partial charge in [-0.05, 0) is 65.0 Å².